The molecule has 0 radical (unpaired) electrons. The predicted molar refractivity (Wildman–Crippen MR) is 93.2 cm³/mol. The highest BCUT2D eigenvalue weighted by Gasteiger charge is 1.94. The van der Waals surface area contributed by atoms with E-state index in [1.807, 2.05) is 48.5 Å². The second-order valence-corrected chi connectivity index (χ2v) is 4.67. The van der Waals surface area contributed by atoms with Gasteiger partial charge in [0.2, 0.25) is 0 Å². The molecule has 0 atom stereocenters. The maximum Gasteiger partial charge on any atom is 0.119 e. The average molecular weight is 292 g/mol. The lowest BCUT2D eigenvalue weighted by molar-refractivity contribution is 0.363. The van der Waals surface area contributed by atoms with E-state index in [0.29, 0.717) is 13.2 Å². The van der Waals surface area contributed by atoms with E-state index < -0.39 is 0 Å². The summed E-state index contributed by atoms with van der Waals surface area (Å²) in [6.07, 6.45) is 7.60. The minimum atomic E-state index is 0.523. The molecule has 0 amide bonds. The Balaban J connectivity index is 1.95. The zero-order valence-corrected chi connectivity index (χ0v) is 12.6. The van der Waals surface area contributed by atoms with Crippen LogP contribution in [0.25, 0.3) is 12.2 Å². The summed E-state index contributed by atoms with van der Waals surface area (Å²) in [6, 6.07) is 15.9. The molecular weight excluding hydrogens is 272 g/mol. The van der Waals surface area contributed by atoms with Gasteiger partial charge in [-0.25, -0.2) is 0 Å². The number of benzene rings is 2. The van der Waals surface area contributed by atoms with Gasteiger partial charge in [-0.3, -0.25) is 0 Å². The highest BCUT2D eigenvalue weighted by molar-refractivity contribution is 5.70. The normalized spacial score (nSPS) is 10.4. The van der Waals surface area contributed by atoms with E-state index >= 15 is 0 Å². The molecule has 112 valence electrons. The Morgan fingerprint density at radius 1 is 0.636 bits per heavy atom. The largest absolute Gasteiger partial charge is 0.490 e. The van der Waals surface area contributed by atoms with Crippen molar-refractivity contribution in [3.05, 3.63) is 85.0 Å². The van der Waals surface area contributed by atoms with Crippen LogP contribution in [0.4, 0.5) is 0 Å². The third kappa shape index (κ3) is 4.98. The molecule has 0 aromatic heterocycles. The Morgan fingerprint density at radius 2 is 1.00 bits per heavy atom. The monoisotopic (exact) mass is 292 g/mol. The second kappa shape index (κ2) is 8.53. The fourth-order valence-corrected chi connectivity index (χ4v) is 1.85. The molecule has 0 fully saturated rings. The van der Waals surface area contributed by atoms with Gasteiger partial charge < -0.3 is 9.47 Å². The molecule has 2 nitrogen and oxygen atoms in total. The molecule has 0 aliphatic carbocycles. The van der Waals surface area contributed by atoms with Gasteiger partial charge in [-0.2, -0.15) is 0 Å². The lowest BCUT2D eigenvalue weighted by Crippen LogP contribution is -1.92. The summed E-state index contributed by atoms with van der Waals surface area (Å²) >= 11 is 0. The molecule has 2 aromatic carbocycles. The fourth-order valence-electron chi connectivity index (χ4n) is 1.85. The summed E-state index contributed by atoms with van der Waals surface area (Å²) in [6.45, 7) is 8.30. The molecule has 22 heavy (non-hydrogen) atoms. The van der Waals surface area contributed by atoms with Crippen molar-refractivity contribution in [3.63, 3.8) is 0 Å². The van der Waals surface area contributed by atoms with Crippen LogP contribution in [0.2, 0.25) is 0 Å². The standard InChI is InChI=1S/C20H20O2/c1-3-15-21-19-11-7-17(8-12-19)5-6-18-9-13-20(14-10-18)22-16-4-2/h3-14H,1-2,15-16H2/b6-5+. The van der Waals surface area contributed by atoms with Gasteiger partial charge in [0.15, 0.2) is 0 Å². The Bertz CT molecular complexity index is 564. The smallest absolute Gasteiger partial charge is 0.119 e. The van der Waals surface area contributed by atoms with E-state index in [1.54, 1.807) is 12.2 Å². The number of hydrogen-bond acceptors (Lipinski definition) is 2. The molecule has 0 unspecified atom stereocenters. The van der Waals surface area contributed by atoms with Crippen molar-refractivity contribution in [1.82, 2.24) is 0 Å². The molecular formula is C20H20O2. The highest BCUT2D eigenvalue weighted by Crippen LogP contribution is 2.16. The second-order valence-electron chi connectivity index (χ2n) is 4.67. The molecule has 0 bridgehead atoms. The maximum atomic E-state index is 5.46. The van der Waals surface area contributed by atoms with E-state index in [2.05, 4.69) is 25.3 Å². The first kappa shape index (κ1) is 15.6. The summed E-state index contributed by atoms with van der Waals surface area (Å²) in [4.78, 5) is 0. The number of ether oxygens (including phenoxy) is 2. The Hall–Kier alpha value is -2.74. The molecule has 2 heteroatoms. The van der Waals surface area contributed by atoms with E-state index in [0.717, 1.165) is 22.6 Å². The topological polar surface area (TPSA) is 18.5 Å². The van der Waals surface area contributed by atoms with Gasteiger partial charge in [0.1, 0.15) is 24.7 Å². The van der Waals surface area contributed by atoms with Gasteiger partial charge in [0.25, 0.3) is 0 Å². The molecule has 2 aromatic rings. The zero-order chi connectivity index (χ0) is 15.6. The van der Waals surface area contributed by atoms with E-state index in [-0.39, 0.29) is 0 Å². The van der Waals surface area contributed by atoms with Gasteiger partial charge in [-0.15, -0.1) is 0 Å². The summed E-state index contributed by atoms with van der Waals surface area (Å²) in [5.74, 6) is 1.70. The third-order valence-corrected chi connectivity index (χ3v) is 2.96. The molecule has 0 heterocycles. The first-order valence-corrected chi connectivity index (χ1v) is 7.17. The fraction of sp³-hybridized carbons (Fsp3) is 0.100. The average Bonchev–Trinajstić information content (AvgIpc) is 2.58. The number of rotatable bonds is 8. The van der Waals surface area contributed by atoms with Crippen molar-refractivity contribution >= 4 is 12.2 Å². The van der Waals surface area contributed by atoms with Crippen LogP contribution in [-0.4, -0.2) is 13.2 Å². The minimum absolute atomic E-state index is 0.523. The molecule has 0 N–H and O–H groups in total. The van der Waals surface area contributed by atoms with Crippen molar-refractivity contribution in [2.24, 2.45) is 0 Å². The van der Waals surface area contributed by atoms with E-state index in [9.17, 15) is 0 Å². The molecule has 0 saturated carbocycles. The van der Waals surface area contributed by atoms with Crippen LogP contribution in [0.3, 0.4) is 0 Å². The van der Waals surface area contributed by atoms with Crippen molar-refractivity contribution in [2.75, 3.05) is 13.2 Å². The minimum Gasteiger partial charge on any atom is -0.490 e. The number of hydrogen-bond donors (Lipinski definition) is 0. The molecule has 0 aliphatic heterocycles. The van der Waals surface area contributed by atoms with Gasteiger partial charge in [-0.1, -0.05) is 61.7 Å². The van der Waals surface area contributed by atoms with Crippen LogP contribution in [-0.2, 0) is 0 Å². The van der Waals surface area contributed by atoms with Gasteiger partial charge in [0, 0.05) is 0 Å². The van der Waals surface area contributed by atoms with Crippen LogP contribution in [0.15, 0.2) is 73.8 Å². The van der Waals surface area contributed by atoms with Crippen molar-refractivity contribution in [2.45, 2.75) is 0 Å². The molecule has 0 spiro atoms. The van der Waals surface area contributed by atoms with Crippen molar-refractivity contribution < 1.29 is 9.47 Å². The molecule has 0 saturated heterocycles. The Labute approximate surface area is 132 Å². The predicted octanol–water partition coefficient (Wildman–Crippen LogP) is 4.99. The molecule has 2 rings (SSSR count). The lowest BCUT2D eigenvalue weighted by Gasteiger charge is -2.03. The maximum absolute atomic E-state index is 5.46. The summed E-state index contributed by atoms with van der Waals surface area (Å²) in [5.41, 5.74) is 2.25. The van der Waals surface area contributed by atoms with Crippen molar-refractivity contribution in [3.8, 4) is 11.5 Å². The quantitative estimate of drug-likeness (QED) is 0.504. The zero-order valence-electron chi connectivity index (χ0n) is 12.6. The van der Waals surface area contributed by atoms with E-state index in [4.69, 9.17) is 9.47 Å². The van der Waals surface area contributed by atoms with Gasteiger partial charge >= 0.3 is 0 Å². The van der Waals surface area contributed by atoms with Crippen LogP contribution in [0.1, 0.15) is 11.1 Å². The first-order chi connectivity index (χ1) is 10.8. The Morgan fingerprint density at radius 3 is 1.32 bits per heavy atom. The first-order valence-electron chi connectivity index (χ1n) is 7.17. The van der Waals surface area contributed by atoms with Crippen LogP contribution < -0.4 is 9.47 Å². The van der Waals surface area contributed by atoms with Gasteiger partial charge in [0.05, 0.1) is 0 Å². The summed E-state index contributed by atoms with van der Waals surface area (Å²) in [5, 5.41) is 0. The van der Waals surface area contributed by atoms with Crippen molar-refractivity contribution in [1.29, 1.82) is 0 Å². The van der Waals surface area contributed by atoms with Crippen LogP contribution in [0.5, 0.6) is 11.5 Å². The molecule has 0 aliphatic rings. The SMILES string of the molecule is C=CCOc1ccc(/C=C/c2ccc(OCC=C)cc2)cc1. The third-order valence-electron chi connectivity index (χ3n) is 2.96. The Kier molecular flexibility index (Phi) is 6.06. The van der Waals surface area contributed by atoms with Crippen LogP contribution >= 0.6 is 0 Å². The van der Waals surface area contributed by atoms with Crippen LogP contribution in [0, 0.1) is 0 Å². The summed E-state index contributed by atoms with van der Waals surface area (Å²) < 4.78 is 10.9. The summed E-state index contributed by atoms with van der Waals surface area (Å²) in [7, 11) is 0. The lowest BCUT2D eigenvalue weighted by atomic mass is 10.1. The van der Waals surface area contributed by atoms with Gasteiger partial charge in [-0.05, 0) is 35.4 Å². The van der Waals surface area contributed by atoms with E-state index in [1.165, 1.54) is 0 Å². The highest BCUT2D eigenvalue weighted by atomic mass is 16.5.